The van der Waals surface area contributed by atoms with E-state index >= 15 is 0 Å². The van der Waals surface area contributed by atoms with E-state index in [-0.39, 0.29) is 13.0 Å². The van der Waals surface area contributed by atoms with E-state index in [2.05, 4.69) is 11.3 Å². The predicted molar refractivity (Wildman–Crippen MR) is 54.7 cm³/mol. The van der Waals surface area contributed by atoms with Crippen LogP contribution in [0, 0.1) is 0 Å². The summed E-state index contributed by atoms with van der Waals surface area (Å²) < 4.78 is 4.59. The number of carbonyl (C=O) groups is 2. The first kappa shape index (κ1) is 13.4. The third kappa shape index (κ3) is 6.45. The Kier molecular flexibility index (Phi) is 6.05. The number of aliphatic hydroxyl groups is 1. The largest absolute Gasteiger partial charge is 0.460 e. The smallest absolute Gasteiger partial charge is 0.330 e. The van der Waals surface area contributed by atoms with Gasteiger partial charge in [-0.15, -0.1) is 0 Å². The maximum atomic E-state index is 10.6. The van der Waals surface area contributed by atoms with Crippen molar-refractivity contribution in [2.75, 3.05) is 6.61 Å². The minimum atomic E-state index is -0.844. The summed E-state index contributed by atoms with van der Waals surface area (Å²) in [5, 5.41) is 9.32. The van der Waals surface area contributed by atoms with E-state index < -0.39 is 18.0 Å². The Balaban J connectivity index is 3.89. The van der Waals surface area contributed by atoms with E-state index in [1.165, 1.54) is 6.08 Å². The Morgan fingerprint density at radius 3 is 2.67 bits per heavy atom. The molecule has 84 valence electrons. The Hall–Kier alpha value is -1.62. The molecular formula is C10H15NO4. The molecular weight excluding hydrogens is 198 g/mol. The second-order valence-electron chi connectivity index (χ2n) is 2.98. The summed E-state index contributed by atoms with van der Waals surface area (Å²) in [7, 11) is 0. The molecule has 0 spiro atoms. The van der Waals surface area contributed by atoms with Crippen LogP contribution < -0.4 is 5.73 Å². The maximum absolute atomic E-state index is 10.6. The molecule has 0 rings (SSSR count). The summed E-state index contributed by atoms with van der Waals surface area (Å²) in [5.41, 5.74) is 5.34. The van der Waals surface area contributed by atoms with E-state index in [4.69, 9.17) is 5.73 Å². The number of nitrogens with two attached hydrogens (primary N) is 1. The lowest BCUT2D eigenvalue weighted by atomic mass is 10.2. The SMILES string of the molecule is C=CC(=O)OCC(O)CC=C(C)C(N)=O. The van der Waals surface area contributed by atoms with Gasteiger partial charge in [0.1, 0.15) is 6.61 Å². The molecule has 1 unspecified atom stereocenters. The molecule has 0 heterocycles. The number of rotatable bonds is 6. The molecule has 0 aromatic carbocycles. The molecule has 3 N–H and O–H groups in total. The quantitative estimate of drug-likeness (QED) is 0.476. The molecule has 0 aliphatic rings. The highest BCUT2D eigenvalue weighted by molar-refractivity contribution is 5.91. The van der Waals surface area contributed by atoms with Gasteiger partial charge in [-0.3, -0.25) is 4.79 Å². The average Bonchev–Trinajstić information content (AvgIpc) is 2.21. The number of hydrogen-bond donors (Lipinski definition) is 2. The van der Waals surface area contributed by atoms with E-state index in [0.29, 0.717) is 5.57 Å². The Morgan fingerprint density at radius 2 is 2.20 bits per heavy atom. The number of amides is 1. The van der Waals surface area contributed by atoms with Gasteiger partial charge in [0, 0.05) is 11.6 Å². The standard InChI is InChI=1S/C10H15NO4/c1-3-9(13)15-6-8(12)5-4-7(2)10(11)14/h3-4,8,12H,1,5-6H2,2H3,(H2,11,14). The Bertz CT molecular complexity index is 283. The molecule has 0 aromatic rings. The molecule has 0 fully saturated rings. The van der Waals surface area contributed by atoms with Crippen LogP contribution in [-0.2, 0) is 14.3 Å². The molecule has 0 saturated heterocycles. The lowest BCUT2D eigenvalue weighted by Crippen LogP contribution is -2.18. The topological polar surface area (TPSA) is 89.6 Å². The van der Waals surface area contributed by atoms with E-state index in [1.807, 2.05) is 0 Å². The third-order valence-corrected chi connectivity index (χ3v) is 1.67. The van der Waals surface area contributed by atoms with E-state index in [9.17, 15) is 14.7 Å². The summed E-state index contributed by atoms with van der Waals surface area (Å²) in [5.74, 6) is -1.13. The molecule has 0 bridgehead atoms. The number of hydrogen-bond acceptors (Lipinski definition) is 4. The minimum absolute atomic E-state index is 0.132. The van der Waals surface area contributed by atoms with Crippen LogP contribution >= 0.6 is 0 Å². The molecule has 0 aliphatic carbocycles. The van der Waals surface area contributed by atoms with Crippen LogP contribution in [0.1, 0.15) is 13.3 Å². The maximum Gasteiger partial charge on any atom is 0.330 e. The summed E-state index contributed by atoms with van der Waals surface area (Å²) in [6, 6.07) is 0. The number of carbonyl (C=O) groups excluding carboxylic acids is 2. The number of aliphatic hydroxyl groups excluding tert-OH is 1. The fourth-order valence-corrected chi connectivity index (χ4v) is 0.719. The van der Waals surface area contributed by atoms with Crippen LogP contribution in [0.3, 0.4) is 0 Å². The zero-order valence-electron chi connectivity index (χ0n) is 8.60. The molecule has 0 aliphatic heterocycles. The lowest BCUT2D eigenvalue weighted by molar-refractivity contribution is -0.140. The van der Waals surface area contributed by atoms with Crippen molar-refractivity contribution in [3.05, 3.63) is 24.3 Å². The van der Waals surface area contributed by atoms with Crippen LogP contribution in [0.25, 0.3) is 0 Å². The van der Waals surface area contributed by atoms with Gasteiger partial charge in [-0.05, 0) is 13.3 Å². The van der Waals surface area contributed by atoms with Gasteiger partial charge in [-0.2, -0.15) is 0 Å². The average molecular weight is 213 g/mol. The van der Waals surface area contributed by atoms with Gasteiger partial charge in [0.25, 0.3) is 0 Å². The van der Waals surface area contributed by atoms with Crippen molar-refractivity contribution in [3.63, 3.8) is 0 Å². The number of esters is 1. The number of primary amides is 1. The first-order chi connectivity index (χ1) is 6.97. The summed E-state index contributed by atoms with van der Waals surface area (Å²) in [6.07, 6.45) is 1.87. The van der Waals surface area contributed by atoms with Crippen LogP contribution in [0.5, 0.6) is 0 Å². The molecule has 1 amide bonds. The lowest BCUT2D eigenvalue weighted by Gasteiger charge is -2.07. The fraction of sp³-hybridized carbons (Fsp3) is 0.400. The van der Waals surface area contributed by atoms with Crippen molar-refractivity contribution in [2.24, 2.45) is 5.73 Å². The van der Waals surface area contributed by atoms with Crippen LogP contribution in [0.4, 0.5) is 0 Å². The van der Waals surface area contributed by atoms with Crippen molar-refractivity contribution in [1.29, 1.82) is 0 Å². The van der Waals surface area contributed by atoms with Gasteiger partial charge < -0.3 is 15.6 Å². The van der Waals surface area contributed by atoms with Crippen molar-refractivity contribution in [3.8, 4) is 0 Å². The normalized spacial score (nSPS) is 13.1. The van der Waals surface area contributed by atoms with Crippen molar-refractivity contribution >= 4 is 11.9 Å². The van der Waals surface area contributed by atoms with Crippen molar-refractivity contribution in [1.82, 2.24) is 0 Å². The van der Waals surface area contributed by atoms with Gasteiger partial charge in [-0.1, -0.05) is 12.7 Å². The number of ether oxygens (including phenoxy) is 1. The fourth-order valence-electron chi connectivity index (χ4n) is 0.719. The van der Waals surface area contributed by atoms with E-state index in [1.54, 1.807) is 6.92 Å². The zero-order valence-corrected chi connectivity index (χ0v) is 8.60. The second kappa shape index (κ2) is 6.78. The second-order valence-corrected chi connectivity index (χ2v) is 2.98. The summed E-state index contributed by atoms with van der Waals surface area (Å²) in [6.45, 7) is 4.62. The first-order valence-electron chi connectivity index (χ1n) is 4.41. The Morgan fingerprint density at radius 1 is 1.60 bits per heavy atom. The van der Waals surface area contributed by atoms with Gasteiger partial charge in [0.15, 0.2) is 0 Å². The predicted octanol–water partition coefficient (Wildman–Crippen LogP) is -0.102. The molecule has 5 heteroatoms. The van der Waals surface area contributed by atoms with Crippen LogP contribution in [0.15, 0.2) is 24.3 Å². The molecule has 0 saturated carbocycles. The van der Waals surface area contributed by atoms with Crippen LogP contribution in [-0.4, -0.2) is 29.7 Å². The highest BCUT2D eigenvalue weighted by atomic mass is 16.5. The van der Waals surface area contributed by atoms with Gasteiger partial charge in [0.2, 0.25) is 5.91 Å². The van der Waals surface area contributed by atoms with Crippen molar-refractivity contribution < 1.29 is 19.4 Å². The van der Waals surface area contributed by atoms with Gasteiger partial charge in [-0.25, -0.2) is 4.79 Å². The van der Waals surface area contributed by atoms with Crippen molar-refractivity contribution in [2.45, 2.75) is 19.4 Å². The third-order valence-electron chi connectivity index (χ3n) is 1.67. The molecule has 15 heavy (non-hydrogen) atoms. The summed E-state index contributed by atoms with van der Waals surface area (Å²) >= 11 is 0. The zero-order chi connectivity index (χ0) is 11.8. The van der Waals surface area contributed by atoms with Gasteiger partial charge >= 0.3 is 5.97 Å². The molecule has 5 nitrogen and oxygen atoms in total. The minimum Gasteiger partial charge on any atom is -0.460 e. The van der Waals surface area contributed by atoms with E-state index in [0.717, 1.165) is 6.08 Å². The van der Waals surface area contributed by atoms with Crippen LogP contribution in [0.2, 0.25) is 0 Å². The molecule has 0 aromatic heterocycles. The van der Waals surface area contributed by atoms with Gasteiger partial charge in [0.05, 0.1) is 6.10 Å². The highest BCUT2D eigenvalue weighted by Crippen LogP contribution is 1.99. The first-order valence-corrected chi connectivity index (χ1v) is 4.41. The highest BCUT2D eigenvalue weighted by Gasteiger charge is 2.06. The summed E-state index contributed by atoms with van der Waals surface area (Å²) in [4.78, 5) is 21.2. The Labute approximate surface area is 88.2 Å². The molecule has 0 radical (unpaired) electrons. The molecule has 1 atom stereocenters. The monoisotopic (exact) mass is 213 g/mol.